The zero-order valence-electron chi connectivity index (χ0n) is 23.1. The SMILES string of the molecule is CCOc1cc(/C=N/N=C2/NC(=O)C(CC(=O)Nc3ccc(C)cc3)S2)cc(Br)c1OCc1cccc2ccccc12. The summed E-state index contributed by atoms with van der Waals surface area (Å²) in [6, 6.07) is 25.5. The van der Waals surface area contributed by atoms with Crippen LogP contribution in [0.4, 0.5) is 5.69 Å². The zero-order chi connectivity index (χ0) is 29.5. The van der Waals surface area contributed by atoms with Gasteiger partial charge in [-0.25, -0.2) is 0 Å². The fourth-order valence-corrected chi connectivity index (χ4v) is 5.88. The van der Waals surface area contributed by atoms with Gasteiger partial charge in [0.15, 0.2) is 16.7 Å². The number of amidine groups is 1. The number of hydrogen-bond donors (Lipinski definition) is 2. The van der Waals surface area contributed by atoms with E-state index in [0.29, 0.717) is 40.0 Å². The molecule has 1 unspecified atom stereocenters. The fraction of sp³-hybridized carbons (Fsp3) is 0.188. The van der Waals surface area contributed by atoms with Gasteiger partial charge in [-0.3, -0.25) is 9.59 Å². The molecule has 2 amide bonds. The second-order valence-corrected chi connectivity index (χ2v) is 11.6. The highest BCUT2D eigenvalue weighted by molar-refractivity contribution is 9.10. The Hall–Kier alpha value is -4.15. The standard InChI is InChI=1S/C32H29BrN4O4S/c1-3-40-27-16-21(15-26(33)30(27)41-19-23-9-6-8-22-7-4-5-10-25(22)23)18-34-37-32-36-31(39)28(42-32)17-29(38)35-24-13-11-20(2)12-14-24/h4-16,18,28H,3,17,19H2,1-2H3,(H,35,38)(H,36,37,39)/b34-18+. The maximum absolute atomic E-state index is 12.4. The third-order valence-electron chi connectivity index (χ3n) is 6.42. The summed E-state index contributed by atoms with van der Waals surface area (Å²) in [6.45, 7) is 4.72. The first-order valence-electron chi connectivity index (χ1n) is 13.4. The Balaban J connectivity index is 1.23. The highest BCUT2D eigenvalue weighted by Gasteiger charge is 2.32. The number of aryl methyl sites for hydroxylation is 1. The van der Waals surface area contributed by atoms with Crippen LogP contribution in [0, 0.1) is 6.92 Å². The molecule has 10 heteroatoms. The lowest BCUT2D eigenvalue weighted by atomic mass is 10.1. The normalized spacial score (nSPS) is 15.7. The lowest BCUT2D eigenvalue weighted by Gasteiger charge is -2.15. The minimum Gasteiger partial charge on any atom is -0.490 e. The van der Waals surface area contributed by atoms with Crippen molar-refractivity contribution in [2.75, 3.05) is 11.9 Å². The van der Waals surface area contributed by atoms with Crippen LogP contribution >= 0.6 is 27.7 Å². The predicted molar refractivity (Wildman–Crippen MR) is 173 cm³/mol. The molecule has 214 valence electrons. The van der Waals surface area contributed by atoms with Crippen LogP contribution in [0.2, 0.25) is 0 Å². The molecule has 4 aromatic rings. The van der Waals surface area contributed by atoms with Gasteiger partial charge < -0.3 is 20.1 Å². The van der Waals surface area contributed by atoms with Gasteiger partial charge in [0.05, 0.1) is 17.3 Å². The van der Waals surface area contributed by atoms with Crippen molar-refractivity contribution in [2.24, 2.45) is 10.2 Å². The smallest absolute Gasteiger partial charge is 0.240 e. The van der Waals surface area contributed by atoms with E-state index < -0.39 is 5.25 Å². The average molecular weight is 646 g/mol. The van der Waals surface area contributed by atoms with E-state index >= 15 is 0 Å². The molecule has 0 aromatic heterocycles. The number of fused-ring (bicyclic) bond motifs is 1. The maximum atomic E-state index is 12.4. The molecule has 0 saturated carbocycles. The third-order valence-corrected chi connectivity index (χ3v) is 8.08. The number of hydrogen-bond acceptors (Lipinski definition) is 7. The van der Waals surface area contributed by atoms with E-state index in [1.54, 1.807) is 6.21 Å². The molecule has 1 saturated heterocycles. The van der Waals surface area contributed by atoms with Gasteiger partial charge in [0, 0.05) is 12.1 Å². The number of anilines is 1. The Morgan fingerprint density at radius 1 is 1.07 bits per heavy atom. The Morgan fingerprint density at radius 3 is 2.67 bits per heavy atom. The quantitative estimate of drug-likeness (QED) is 0.145. The topological polar surface area (TPSA) is 101 Å². The maximum Gasteiger partial charge on any atom is 0.240 e. The molecule has 1 aliphatic heterocycles. The second-order valence-electron chi connectivity index (χ2n) is 9.55. The molecule has 0 bridgehead atoms. The number of thioether (sulfide) groups is 1. The first-order chi connectivity index (χ1) is 20.4. The zero-order valence-corrected chi connectivity index (χ0v) is 25.5. The number of nitrogens with zero attached hydrogens (tertiary/aromatic N) is 2. The van der Waals surface area contributed by atoms with Crippen LogP contribution in [0.3, 0.4) is 0 Å². The van der Waals surface area contributed by atoms with Gasteiger partial charge in [-0.15, -0.1) is 5.10 Å². The first-order valence-corrected chi connectivity index (χ1v) is 15.1. The lowest BCUT2D eigenvalue weighted by molar-refractivity contribution is -0.122. The van der Waals surface area contributed by atoms with Crippen molar-refractivity contribution in [2.45, 2.75) is 32.1 Å². The summed E-state index contributed by atoms with van der Waals surface area (Å²) in [4.78, 5) is 24.8. The number of nitrogens with one attached hydrogen (secondary N) is 2. The first kappa shape index (κ1) is 29.3. The van der Waals surface area contributed by atoms with Crippen LogP contribution in [0.1, 0.15) is 30.0 Å². The molecular weight excluding hydrogens is 616 g/mol. The molecule has 42 heavy (non-hydrogen) atoms. The van der Waals surface area contributed by atoms with Crippen LogP contribution in [-0.4, -0.2) is 35.1 Å². The van der Waals surface area contributed by atoms with Crippen molar-refractivity contribution in [3.05, 3.63) is 100 Å². The van der Waals surface area contributed by atoms with Crippen LogP contribution in [0.25, 0.3) is 10.8 Å². The Bertz CT molecular complexity index is 1670. The molecule has 4 aromatic carbocycles. The van der Waals surface area contributed by atoms with Crippen molar-refractivity contribution in [1.82, 2.24) is 5.32 Å². The van der Waals surface area contributed by atoms with Crippen molar-refractivity contribution < 1.29 is 19.1 Å². The molecule has 0 aliphatic carbocycles. The highest BCUT2D eigenvalue weighted by atomic mass is 79.9. The minimum atomic E-state index is -0.582. The molecular formula is C32H29BrN4O4S. The molecule has 1 fully saturated rings. The minimum absolute atomic E-state index is 0.0258. The molecule has 0 spiro atoms. The van der Waals surface area contributed by atoms with E-state index in [1.165, 1.54) is 11.8 Å². The van der Waals surface area contributed by atoms with E-state index in [9.17, 15) is 9.59 Å². The van der Waals surface area contributed by atoms with E-state index in [4.69, 9.17) is 9.47 Å². The van der Waals surface area contributed by atoms with Crippen molar-refractivity contribution >= 4 is 67.3 Å². The molecule has 1 atom stereocenters. The lowest BCUT2D eigenvalue weighted by Crippen LogP contribution is -2.28. The van der Waals surface area contributed by atoms with Gasteiger partial charge in [-0.05, 0) is 75.9 Å². The van der Waals surface area contributed by atoms with E-state index in [1.807, 2.05) is 68.4 Å². The summed E-state index contributed by atoms with van der Waals surface area (Å²) in [7, 11) is 0. The number of carbonyl (C=O) groups excluding carboxylic acids is 2. The van der Waals surface area contributed by atoms with E-state index in [2.05, 4.69) is 61.0 Å². The van der Waals surface area contributed by atoms with Crippen molar-refractivity contribution in [3.8, 4) is 11.5 Å². The summed E-state index contributed by atoms with van der Waals surface area (Å²) in [5.41, 5.74) is 3.60. The summed E-state index contributed by atoms with van der Waals surface area (Å²) in [5, 5.41) is 15.9. The molecule has 1 aliphatic rings. The van der Waals surface area contributed by atoms with Gasteiger partial charge >= 0.3 is 0 Å². The van der Waals surface area contributed by atoms with Gasteiger partial charge in [0.25, 0.3) is 0 Å². The van der Waals surface area contributed by atoms with Crippen LogP contribution in [-0.2, 0) is 16.2 Å². The van der Waals surface area contributed by atoms with Crippen molar-refractivity contribution in [3.63, 3.8) is 0 Å². The monoisotopic (exact) mass is 644 g/mol. The summed E-state index contributed by atoms with van der Waals surface area (Å²) < 4.78 is 12.8. The van der Waals surface area contributed by atoms with Gasteiger partial charge in [-0.1, -0.05) is 71.9 Å². The number of halogens is 1. The summed E-state index contributed by atoms with van der Waals surface area (Å²) >= 11 is 4.79. The van der Waals surface area contributed by atoms with Gasteiger partial charge in [0.1, 0.15) is 11.9 Å². The number of rotatable bonds is 10. The van der Waals surface area contributed by atoms with Crippen molar-refractivity contribution in [1.29, 1.82) is 0 Å². The van der Waals surface area contributed by atoms with Crippen LogP contribution < -0.4 is 20.1 Å². The predicted octanol–water partition coefficient (Wildman–Crippen LogP) is 6.84. The largest absolute Gasteiger partial charge is 0.490 e. The number of carbonyl (C=O) groups is 2. The highest BCUT2D eigenvalue weighted by Crippen LogP contribution is 2.37. The number of benzene rings is 4. The van der Waals surface area contributed by atoms with Gasteiger partial charge in [0.2, 0.25) is 11.8 Å². The van der Waals surface area contributed by atoms with Crippen LogP contribution in [0.5, 0.6) is 11.5 Å². The molecule has 2 N–H and O–H groups in total. The summed E-state index contributed by atoms with van der Waals surface area (Å²) in [5.74, 6) is 0.650. The third kappa shape index (κ3) is 7.37. The summed E-state index contributed by atoms with van der Waals surface area (Å²) in [6.07, 6.45) is 1.59. The average Bonchev–Trinajstić information content (AvgIpc) is 3.32. The molecule has 5 rings (SSSR count). The Labute approximate surface area is 256 Å². The second kappa shape index (κ2) is 13.7. The molecule has 1 heterocycles. The Morgan fingerprint density at radius 2 is 1.86 bits per heavy atom. The fourth-order valence-electron chi connectivity index (χ4n) is 4.39. The van der Waals surface area contributed by atoms with Gasteiger partial charge in [-0.2, -0.15) is 5.10 Å². The molecule has 0 radical (unpaired) electrons. The van der Waals surface area contributed by atoms with E-state index in [-0.39, 0.29) is 18.2 Å². The number of ether oxygens (including phenoxy) is 2. The Kier molecular flexibility index (Phi) is 9.55. The van der Waals surface area contributed by atoms with Crippen LogP contribution in [0.15, 0.2) is 93.5 Å². The molecule has 8 nitrogen and oxygen atoms in total. The van der Waals surface area contributed by atoms with E-state index in [0.717, 1.165) is 27.5 Å². The number of amides is 2.